The summed E-state index contributed by atoms with van der Waals surface area (Å²) in [6.45, 7) is 0. The second kappa shape index (κ2) is 5.62. The van der Waals surface area contributed by atoms with Crippen molar-refractivity contribution in [2.75, 3.05) is 5.73 Å². The van der Waals surface area contributed by atoms with E-state index in [1.807, 2.05) is 0 Å². The molecule has 1 aromatic carbocycles. The molecule has 0 unspecified atom stereocenters. The highest BCUT2D eigenvalue weighted by atomic mass is 35.5. The fourth-order valence-corrected chi connectivity index (χ4v) is 2.75. The molecule has 3 N–H and O–H groups in total. The number of hydrogen-bond donors (Lipinski definition) is 2. The van der Waals surface area contributed by atoms with Crippen molar-refractivity contribution in [1.82, 2.24) is 15.3 Å². The van der Waals surface area contributed by atoms with Gasteiger partial charge in [0.15, 0.2) is 0 Å². The first-order valence-corrected chi connectivity index (χ1v) is 7.36. The van der Waals surface area contributed by atoms with Gasteiger partial charge in [0.25, 0.3) is 5.91 Å². The molecule has 1 aliphatic carbocycles. The van der Waals surface area contributed by atoms with E-state index in [0.29, 0.717) is 12.8 Å². The maximum Gasteiger partial charge on any atom is 0.416 e. The van der Waals surface area contributed by atoms with Gasteiger partial charge in [-0.25, -0.2) is 9.97 Å². The van der Waals surface area contributed by atoms with E-state index in [1.54, 1.807) is 0 Å². The Kier molecular flexibility index (Phi) is 3.87. The number of halogens is 4. The predicted molar refractivity (Wildman–Crippen MR) is 81.3 cm³/mol. The van der Waals surface area contributed by atoms with Crippen molar-refractivity contribution in [3.8, 4) is 0 Å². The molecule has 2 aromatic rings. The number of nitrogens with two attached hydrogens (primary N) is 1. The van der Waals surface area contributed by atoms with E-state index < -0.39 is 23.2 Å². The average molecular weight is 357 g/mol. The Morgan fingerprint density at radius 1 is 1.33 bits per heavy atom. The maximum absolute atomic E-state index is 12.9. The third-order valence-electron chi connectivity index (χ3n) is 3.90. The Morgan fingerprint density at radius 3 is 2.62 bits per heavy atom. The zero-order valence-corrected chi connectivity index (χ0v) is 12.9. The molecule has 1 heterocycles. The Labute approximate surface area is 140 Å². The second-order valence-electron chi connectivity index (χ2n) is 5.55. The van der Waals surface area contributed by atoms with Crippen LogP contribution < -0.4 is 11.1 Å². The minimum absolute atomic E-state index is 0.00607. The summed E-state index contributed by atoms with van der Waals surface area (Å²) in [6.07, 6.45) is -1.08. The molecule has 1 aromatic heterocycles. The summed E-state index contributed by atoms with van der Waals surface area (Å²) in [5, 5.41) is 2.87. The van der Waals surface area contributed by atoms with E-state index in [0.717, 1.165) is 12.1 Å². The molecule has 5 nitrogen and oxygen atoms in total. The number of carbonyl (C=O) groups excluding carboxylic acids is 1. The van der Waals surface area contributed by atoms with Gasteiger partial charge >= 0.3 is 6.18 Å². The van der Waals surface area contributed by atoms with Crippen LogP contribution >= 0.6 is 11.6 Å². The van der Waals surface area contributed by atoms with E-state index in [-0.39, 0.29) is 22.0 Å². The van der Waals surface area contributed by atoms with Gasteiger partial charge in [-0.3, -0.25) is 4.79 Å². The molecule has 0 radical (unpaired) electrons. The van der Waals surface area contributed by atoms with Gasteiger partial charge in [0.2, 0.25) is 0 Å². The predicted octanol–water partition coefficient (Wildman–Crippen LogP) is 3.15. The number of aromatic nitrogens is 2. The van der Waals surface area contributed by atoms with Crippen LogP contribution in [0.1, 0.15) is 34.3 Å². The summed E-state index contributed by atoms with van der Waals surface area (Å²) in [4.78, 5) is 19.8. The maximum atomic E-state index is 12.9. The molecule has 1 fully saturated rings. The topological polar surface area (TPSA) is 80.9 Å². The molecule has 0 aliphatic heterocycles. The number of nitrogen functional groups attached to an aromatic ring is 1. The Bertz CT molecular complexity index is 806. The van der Waals surface area contributed by atoms with Crippen molar-refractivity contribution in [3.05, 3.63) is 52.4 Å². The van der Waals surface area contributed by atoms with Crippen LogP contribution in [0.2, 0.25) is 5.02 Å². The van der Waals surface area contributed by atoms with Gasteiger partial charge < -0.3 is 11.1 Å². The third kappa shape index (κ3) is 3.01. The molecule has 1 aliphatic rings. The number of nitrogens with one attached hydrogen (secondary N) is 1. The number of carbonyl (C=O) groups is 1. The summed E-state index contributed by atoms with van der Waals surface area (Å²) in [7, 11) is 0. The molecule has 0 bridgehead atoms. The largest absolute Gasteiger partial charge is 0.416 e. The highest BCUT2D eigenvalue weighted by molar-refractivity contribution is 6.31. The SMILES string of the molecule is Nc1ncncc1C(=O)NC1(c2cc(C(F)(F)F)ccc2Cl)CC1. The molecule has 0 saturated heterocycles. The number of amides is 1. The van der Waals surface area contributed by atoms with Gasteiger partial charge in [-0.2, -0.15) is 13.2 Å². The number of nitrogens with zero attached hydrogens (tertiary/aromatic N) is 2. The molecular weight excluding hydrogens is 345 g/mol. The molecular formula is C15H12ClF3N4O. The molecule has 1 saturated carbocycles. The second-order valence-corrected chi connectivity index (χ2v) is 5.96. The molecule has 0 spiro atoms. The average Bonchev–Trinajstić information content (AvgIpc) is 3.27. The van der Waals surface area contributed by atoms with Crippen molar-refractivity contribution in [1.29, 1.82) is 0 Å². The number of anilines is 1. The Hall–Kier alpha value is -2.35. The van der Waals surface area contributed by atoms with Crippen molar-refractivity contribution < 1.29 is 18.0 Å². The quantitative estimate of drug-likeness (QED) is 0.885. The summed E-state index contributed by atoms with van der Waals surface area (Å²) < 4.78 is 38.8. The van der Waals surface area contributed by atoms with Crippen LogP contribution in [0, 0.1) is 0 Å². The van der Waals surface area contributed by atoms with E-state index in [2.05, 4.69) is 15.3 Å². The van der Waals surface area contributed by atoms with E-state index in [4.69, 9.17) is 17.3 Å². The number of rotatable bonds is 3. The summed E-state index contributed by atoms with van der Waals surface area (Å²) in [6, 6.07) is 3.07. The first kappa shape index (κ1) is 16.5. The standard InChI is InChI=1S/C15H12ClF3N4O/c16-11-2-1-8(15(17,18)19)5-10(11)14(3-4-14)23-13(24)9-6-21-7-22-12(9)20/h1-2,5-7H,3-4H2,(H,23,24)(H2,20,21,22). The lowest BCUT2D eigenvalue weighted by atomic mass is 10.0. The normalized spacial score (nSPS) is 15.8. The molecule has 1 amide bonds. The van der Waals surface area contributed by atoms with Gasteiger partial charge in [0, 0.05) is 11.2 Å². The molecule has 0 atom stereocenters. The van der Waals surface area contributed by atoms with Crippen molar-refractivity contribution in [3.63, 3.8) is 0 Å². The van der Waals surface area contributed by atoms with Gasteiger partial charge in [-0.05, 0) is 36.6 Å². The fourth-order valence-electron chi connectivity index (χ4n) is 2.45. The van der Waals surface area contributed by atoms with Crippen LogP contribution in [0.3, 0.4) is 0 Å². The molecule has 3 rings (SSSR count). The van der Waals surface area contributed by atoms with Crippen LogP contribution in [0.25, 0.3) is 0 Å². The van der Waals surface area contributed by atoms with Crippen LogP contribution in [0.15, 0.2) is 30.7 Å². The fraction of sp³-hybridized carbons (Fsp3) is 0.267. The minimum atomic E-state index is -4.49. The summed E-state index contributed by atoms with van der Waals surface area (Å²) in [5.41, 5.74) is 4.18. The zero-order valence-electron chi connectivity index (χ0n) is 12.2. The zero-order chi connectivity index (χ0) is 17.5. The van der Waals surface area contributed by atoms with E-state index >= 15 is 0 Å². The molecule has 126 valence electrons. The lowest BCUT2D eigenvalue weighted by Crippen LogP contribution is -2.36. The minimum Gasteiger partial charge on any atom is -0.383 e. The lowest BCUT2D eigenvalue weighted by Gasteiger charge is -2.21. The van der Waals surface area contributed by atoms with Crippen LogP contribution in [0.4, 0.5) is 19.0 Å². The molecule has 24 heavy (non-hydrogen) atoms. The van der Waals surface area contributed by atoms with Crippen molar-refractivity contribution >= 4 is 23.3 Å². The van der Waals surface area contributed by atoms with Gasteiger partial charge in [-0.1, -0.05) is 11.6 Å². The molecule has 9 heteroatoms. The first-order chi connectivity index (χ1) is 11.2. The third-order valence-corrected chi connectivity index (χ3v) is 4.23. The number of alkyl halides is 3. The van der Waals surface area contributed by atoms with Crippen molar-refractivity contribution in [2.24, 2.45) is 0 Å². The Balaban J connectivity index is 1.92. The summed E-state index contributed by atoms with van der Waals surface area (Å²) >= 11 is 6.06. The van der Waals surface area contributed by atoms with Gasteiger partial charge in [0.05, 0.1) is 16.7 Å². The van der Waals surface area contributed by atoms with Gasteiger partial charge in [-0.15, -0.1) is 0 Å². The monoisotopic (exact) mass is 356 g/mol. The first-order valence-electron chi connectivity index (χ1n) is 6.98. The van der Waals surface area contributed by atoms with Gasteiger partial charge in [0.1, 0.15) is 12.1 Å². The summed E-state index contributed by atoms with van der Waals surface area (Å²) in [5.74, 6) is -0.562. The van der Waals surface area contributed by atoms with Crippen LogP contribution in [0.5, 0.6) is 0 Å². The smallest absolute Gasteiger partial charge is 0.383 e. The van der Waals surface area contributed by atoms with Crippen LogP contribution in [-0.4, -0.2) is 15.9 Å². The number of hydrogen-bond acceptors (Lipinski definition) is 4. The lowest BCUT2D eigenvalue weighted by molar-refractivity contribution is -0.137. The highest BCUT2D eigenvalue weighted by Gasteiger charge is 2.48. The number of benzene rings is 1. The van der Waals surface area contributed by atoms with E-state index in [1.165, 1.54) is 18.6 Å². The highest BCUT2D eigenvalue weighted by Crippen LogP contribution is 2.49. The van der Waals surface area contributed by atoms with Crippen molar-refractivity contribution in [2.45, 2.75) is 24.6 Å². The Morgan fingerprint density at radius 2 is 2.04 bits per heavy atom. The van der Waals surface area contributed by atoms with Crippen LogP contribution in [-0.2, 0) is 11.7 Å². The van der Waals surface area contributed by atoms with E-state index in [9.17, 15) is 18.0 Å².